The largest absolute Gasteiger partial charge is 0.300 e. The molecule has 2 aliphatic rings. The molecule has 0 amide bonds. The van der Waals surface area contributed by atoms with Gasteiger partial charge in [-0.1, -0.05) is 13.8 Å². The quantitative estimate of drug-likeness (QED) is 0.759. The minimum Gasteiger partial charge on any atom is -0.300 e. The van der Waals surface area contributed by atoms with Crippen LogP contribution in [0.1, 0.15) is 58.8 Å². The van der Waals surface area contributed by atoms with Crippen LogP contribution in [0.3, 0.4) is 0 Å². The molecule has 0 N–H and O–H groups in total. The molecule has 2 heteroatoms. The van der Waals surface area contributed by atoms with Gasteiger partial charge in [-0.25, -0.2) is 0 Å². The van der Waals surface area contributed by atoms with Crippen LogP contribution in [-0.2, 0) is 0 Å². The number of hydrogen-bond acceptors (Lipinski definition) is 2. The van der Waals surface area contributed by atoms with Crippen molar-refractivity contribution in [2.45, 2.75) is 64.8 Å². The van der Waals surface area contributed by atoms with Crippen molar-refractivity contribution in [3.63, 3.8) is 0 Å². The summed E-state index contributed by atoms with van der Waals surface area (Å²) >= 11 is 0. The van der Waals surface area contributed by atoms with Crippen LogP contribution in [0.15, 0.2) is 0 Å². The zero-order valence-corrected chi connectivity index (χ0v) is 12.1. The molecule has 0 aromatic heterocycles. The van der Waals surface area contributed by atoms with Gasteiger partial charge in [-0.15, -0.1) is 0 Å². The molecule has 1 saturated carbocycles. The Kier molecular flexibility index (Phi) is 5.06. The molecular weight excluding hydrogens is 220 g/mol. The van der Waals surface area contributed by atoms with Crippen molar-refractivity contribution in [2.24, 2.45) is 17.8 Å². The van der Waals surface area contributed by atoms with Gasteiger partial charge in [0.1, 0.15) is 0 Å². The third-order valence-electron chi connectivity index (χ3n) is 5.13. The Morgan fingerprint density at radius 1 is 1.17 bits per heavy atom. The van der Waals surface area contributed by atoms with Gasteiger partial charge in [0.25, 0.3) is 0 Å². The lowest BCUT2D eigenvalue weighted by atomic mass is 9.78. The predicted octanol–water partition coefficient (Wildman–Crippen LogP) is 3.83. The summed E-state index contributed by atoms with van der Waals surface area (Å²) < 4.78 is 0. The minimum atomic E-state index is 0.645. The van der Waals surface area contributed by atoms with Gasteiger partial charge in [-0.2, -0.15) is 5.26 Å². The van der Waals surface area contributed by atoms with Crippen molar-refractivity contribution in [2.75, 3.05) is 13.1 Å². The van der Waals surface area contributed by atoms with Gasteiger partial charge in [-0.3, -0.25) is 0 Å². The van der Waals surface area contributed by atoms with Crippen molar-refractivity contribution in [3.8, 4) is 6.07 Å². The van der Waals surface area contributed by atoms with E-state index in [9.17, 15) is 0 Å². The Morgan fingerprint density at radius 3 is 2.50 bits per heavy atom. The molecule has 2 rings (SSSR count). The molecule has 18 heavy (non-hydrogen) atoms. The van der Waals surface area contributed by atoms with E-state index >= 15 is 0 Å². The van der Waals surface area contributed by atoms with E-state index in [0.29, 0.717) is 5.92 Å². The molecule has 1 heterocycles. The second-order valence-corrected chi connectivity index (χ2v) is 6.68. The number of nitriles is 1. The third-order valence-corrected chi connectivity index (χ3v) is 5.13. The summed E-state index contributed by atoms with van der Waals surface area (Å²) in [7, 11) is 0. The maximum atomic E-state index is 8.84. The number of piperidine rings is 1. The van der Waals surface area contributed by atoms with Crippen LogP contribution >= 0.6 is 0 Å². The first-order chi connectivity index (χ1) is 8.70. The van der Waals surface area contributed by atoms with E-state index in [-0.39, 0.29) is 0 Å². The van der Waals surface area contributed by atoms with Crippen LogP contribution in [0.25, 0.3) is 0 Å². The maximum absolute atomic E-state index is 8.84. The fourth-order valence-corrected chi connectivity index (χ4v) is 3.86. The molecule has 102 valence electrons. The second-order valence-electron chi connectivity index (χ2n) is 6.68. The fourth-order valence-electron chi connectivity index (χ4n) is 3.86. The smallest absolute Gasteiger partial charge is 0.0625 e. The normalized spacial score (nSPS) is 34.4. The van der Waals surface area contributed by atoms with Crippen LogP contribution in [0.5, 0.6) is 0 Å². The summed E-state index contributed by atoms with van der Waals surface area (Å²) in [5.41, 5.74) is 0. The number of nitrogens with zero attached hydrogens (tertiary/aromatic N) is 2. The highest BCUT2D eigenvalue weighted by Gasteiger charge is 2.30. The Balaban J connectivity index is 1.80. The van der Waals surface area contributed by atoms with Gasteiger partial charge in [-0.05, 0) is 62.8 Å². The monoisotopic (exact) mass is 248 g/mol. The highest BCUT2D eigenvalue weighted by molar-refractivity contribution is 4.87. The summed E-state index contributed by atoms with van der Waals surface area (Å²) in [5, 5.41) is 8.84. The van der Waals surface area contributed by atoms with Crippen LogP contribution in [-0.4, -0.2) is 24.0 Å². The summed E-state index contributed by atoms with van der Waals surface area (Å²) in [5.74, 6) is 2.46. The van der Waals surface area contributed by atoms with E-state index in [2.05, 4.69) is 24.8 Å². The first-order valence-electron chi connectivity index (χ1n) is 7.81. The van der Waals surface area contributed by atoms with E-state index in [1.165, 1.54) is 51.6 Å². The minimum absolute atomic E-state index is 0.645. The molecule has 2 nitrogen and oxygen atoms in total. The lowest BCUT2D eigenvalue weighted by Gasteiger charge is -2.41. The highest BCUT2D eigenvalue weighted by atomic mass is 15.2. The maximum Gasteiger partial charge on any atom is 0.0625 e. The molecule has 1 aliphatic heterocycles. The van der Waals surface area contributed by atoms with Crippen LogP contribution in [0.2, 0.25) is 0 Å². The SMILES string of the molecule is CC(C)C1CCC(N2CCCC(CC#N)C2)CC1. The van der Waals surface area contributed by atoms with Crippen molar-refractivity contribution in [1.29, 1.82) is 5.26 Å². The van der Waals surface area contributed by atoms with Crippen molar-refractivity contribution >= 4 is 0 Å². The lowest BCUT2D eigenvalue weighted by Crippen LogP contribution is -2.44. The summed E-state index contributed by atoms with van der Waals surface area (Å²) in [6.45, 7) is 7.20. The molecule has 1 saturated heterocycles. The molecule has 0 radical (unpaired) electrons. The average molecular weight is 248 g/mol. The van der Waals surface area contributed by atoms with E-state index < -0.39 is 0 Å². The van der Waals surface area contributed by atoms with Gasteiger partial charge in [0.2, 0.25) is 0 Å². The van der Waals surface area contributed by atoms with E-state index in [1.54, 1.807) is 0 Å². The van der Waals surface area contributed by atoms with Gasteiger partial charge >= 0.3 is 0 Å². The molecule has 0 aromatic rings. The van der Waals surface area contributed by atoms with Gasteiger partial charge in [0.05, 0.1) is 6.07 Å². The van der Waals surface area contributed by atoms with Gasteiger partial charge in [0.15, 0.2) is 0 Å². The molecule has 2 fully saturated rings. The molecule has 1 aliphatic carbocycles. The predicted molar refractivity (Wildman–Crippen MR) is 75.1 cm³/mol. The average Bonchev–Trinajstić information content (AvgIpc) is 2.39. The third kappa shape index (κ3) is 3.48. The lowest BCUT2D eigenvalue weighted by molar-refractivity contribution is 0.0810. The van der Waals surface area contributed by atoms with E-state index in [1.807, 2.05) is 0 Å². The molecule has 0 aromatic carbocycles. The van der Waals surface area contributed by atoms with Crippen LogP contribution in [0, 0.1) is 29.1 Å². The van der Waals surface area contributed by atoms with Gasteiger partial charge in [0, 0.05) is 19.0 Å². The summed E-state index contributed by atoms with van der Waals surface area (Å²) in [6.07, 6.45) is 8.95. The fraction of sp³-hybridized carbons (Fsp3) is 0.938. The standard InChI is InChI=1S/C16H28N2/c1-13(2)15-5-7-16(8-6-15)18-11-3-4-14(12-18)9-10-17/h13-16H,3-9,11-12H2,1-2H3. The first kappa shape index (κ1) is 13.9. The number of rotatable bonds is 3. The van der Waals surface area contributed by atoms with E-state index in [4.69, 9.17) is 5.26 Å². The van der Waals surface area contributed by atoms with Crippen molar-refractivity contribution in [3.05, 3.63) is 0 Å². The Labute approximate surface area is 112 Å². The topological polar surface area (TPSA) is 27.0 Å². The summed E-state index contributed by atoms with van der Waals surface area (Å²) in [4.78, 5) is 2.70. The summed E-state index contributed by atoms with van der Waals surface area (Å²) in [6, 6.07) is 3.18. The zero-order valence-electron chi connectivity index (χ0n) is 12.1. The van der Waals surface area contributed by atoms with Crippen molar-refractivity contribution in [1.82, 2.24) is 4.90 Å². The number of likely N-dealkylation sites (tertiary alicyclic amines) is 1. The van der Waals surface area contributed by atoms with Gasteiger partial charge < -0.3 is 4.90 Å². The zero-order chi connectivity index (χ0) is 13.0. The molecule has 0 spiro atoms. The Morgan fingerprint density at radius 2 is 1.89 bits per heavy atom. The first-order valence-corrected chi connectivity index (χ1v) is 7.81. The Bertz CT molecular complexity index is 284. The van der Waals surface area contributed by atoms with E-state index in [0.717, 1.165) is 24.3 Å². The van der Waals surface area contributed by atoms with Crippen LogP contribution < -0.4 is 0 Å². The second kappa shape index (κ2) is 6.57. The molecule has 0 bridgehead atoms. The molecule has 1 unspecified atom stereocenters. The molecule has 1 atom stereocenters. The van der Waals surface area contributed by atoms with Crippen molar-refractivity contribution < 1.29 is 0 Å². The highest BCUT2D eigenvalue weighted by Crippen LogP contribution is 2.34. The molecular formula is C16H28N2. The number of hydrogen-bond donors (Lipinski definition) is 0. The van der Waals surface area contributed by atoms with Crippen LogP contribution in [0.4, 0.5) is 0 Å². The Hall–Kier alpha value is -0.550.